The molecule has 2 nitrogen and oxygen atoms in total. The van der Waals surface area contributed by atoms with Gasteiger partial charge < -0.3 is 0 Å². The van der Waals surface area contributed by atoms with Gasteiger partial charge in [0.1, 0.15) is 0 Å². The highest BCUT2D eigenvalue weighted by atomic mass is 79.9. The summed E-state index contributed by atoms with van der Waals surface area (Å²) in [6.07, 6.45) is 12.3. The summed E-state index contributed by atoms with van der Waals surface area (Å²) >= 11 is 10.8. The number of rotatable bonds is 11. The number of hydrogen-bond acceptors (Lipinski definition) is 4. The second kappa shape index (κ2) is 11.0. The van der Waals surface area contributed by atoms with Crippen molar-refractivity contribution in [1.29, 1.82) is 0 Å². The van der Waals surface area contributed by atoms with Crippen LogP contribution < -0.4 is 0 Å². The van der Waals surface area contributed by atoms with E-state index in [-0.39, 0.29) is 0 Å². The van der Waals surface area contributed by atoms with Crippen molar-refractivity contribution >= 4 is 54.5 Å². The van der Waals surface area contributed by atoms with Crippen molar-refractivity contribution in [2.45, 2.75) is 78.1 Å². The maximum Gasteiger partial charge on any atom is 0.153 e. The van der Waals surface area contributed by atoms with Gasteiger partial charge in [-0.3, -0.25) is 0 Å². The molecule has 0 saturated carbocycles. The molecule has 0 aromatic carbocycles. The van der Waals surface area contributed by atoms with Crippen molar-refractivity contribution in [2.75, 3.05) is 0 Å². The molecule has 0 N–H and O–H groups in total. The maximum absolute atomic E-state index is 4.84. The summed E-state index contributed by atoms with van der Waals surface area (Å²) in [5.41, 5.74) is 2.39. The van der Waals surface area contributed by atoms with Crippen LogP contribution in [0, 0.1) is 0 Å². The zero-order valence-corrected chi connectivity index (χ0v) is 19.3. The van der Waals surface area contributed by atoms with Crippen LogP contribution in [0.15, 0.2) is 7.57 Å². The van der Waals surface area contributed by atoms with E-state index in [0.717, 1.165) is 22.9 Å². The van der Waals surface area contributed by atoms with Crippen molar-refractivity contribution < 1.29 is 0 Å². The lowest BCUT2D eigenvalue weighted by molar-refractivity contribution is 0.660. The Labute approximate surface area is 170 Å². The van der Waals surface area contributed by atoms with Gasteiger partial charge in [0.25, 0.3) is 0 Å². The highest BCUT2D eigenvalue weighted by Crippen LogP contribution is 2.38. The van der Waals surface area contributed by atoms with Gasteiger partial charge in [-0.2, -0.15) is 0 Å². The zero-order valence-electron chi connectivity index (χ0n) is 14.5. The Hall–Kier alpha value is 0.220. The number of aromatic nitrogens is 2. The molecule has 0 aliphatic carbocycles. The molecule has 0 bridgehead atoms. The van der Waals surface area contributed by atoms with Crippen LogP contribution in [0.5, 0.6) is 0 Å². The van der Waals surface area contributed by atoms with Crippen LogP contribution in [0.1, 0.15) is 76.6 Å². The van der Waals surface area contributed by atoms with Gasteiger partial charge in [0, 0.05) is 0 Å². The maximum atomic E-state index is 4.84. The van der Waals surface area contributed by atoms with Crippen LogP contribution in [0.4, 0.5) is 0 Å². The Kier molecular flexibility index (Phi) is 9.45. The van der Waals surface area contributed by atoms with Gasteiger partial charge in [-0.25, -0.2) is 9.97 Å². The third-order valence-electron chi connectivity index (χ3n) is 4.02. The van der Waals surface area contributed by atoms with Crippen LogP contribution in [0.2, 0.25) is 0 Å². The van der Waals surface area contributed by atoms with Gasteiger partial charge in [0.05, 0.1) is 19.0 Å². The summed E-state index contributed by atoms with van der Waals surface area (Å²) in [6, 6.07) is 0. The van der Waals surface area contributed by atoms with E-state index in [2.05, 4.69) is 45.7 Å². The van der Waals surface area contributed by atoms with Crippen molar-refractivity contribution in [1.82, 2.24) is 9.97 Å². The van der Waals surface area contributed by atoms with Gasteiger partial charge in [-0.05, 0) is 57.5 Å². The molecule has 0 aliphatic heterocycles. The Morgan fingerprint density at radius 2 is 1.08 bits per heavy atom. The lowest BCUT2D eigenvalue weighted by Gasteiger charge is -1.97. The molecule has 0 spiro atoms. The SMILES string of the molecule is CCCCCCc1nc(-c2nc(CCCCCC)c(Br)s2)sc1Br. The van der Waals surface area contributed by atoms with E-state index >= 15 is 0 Å². The van der Waals surface area contributed by atoms with Crippen LogP contribution >= 0.6 is 54.5 Å². The van der Waals surface area contributed by atoms with Gasteiger partial charge in [0.2, 0.25) is 0 Å². The van der Waals surface area contributed by atoms with E-state index in [4.69, 9.17) is 9.97 Å². The Morgan fingerprint density at radius 3 is 1.46 bits per heavy atom. The molecule has 2 aromatic heterocycles. The predicted octanol–water partition coefficient (Wildman–Crippen LogP) is 8.04. The van der Waals surface area contributed by atoms with E-state index in [0.29, 0.717) is 0 Å². The minimum atomic E-state index is 1.05. The van der Waals surface area contributed by atoms with Crippen molar-refractivity contribution in [3.8, 4) is 10.0 Å². The Balaban J connectivity index is 1.98. The van der Waals surface area contributed by atoms with E-state index in [9.17, 15) is 0 Å². The molecular weight excluding hydrogens is 468 g/mol. The lowest BCUT2D eigenvalue weighted by Crippen LogP contribution is -1.89. The van der Waals surface area contributed by atoms with Gasteiger partial charge >= 0.3 is 0 Å². The van der Waals surface area contributed by atoms with E-state index in [1.165, 1.54) is 70.3 Å². The smallest absolute Gasteiger partial charge is 0.153 e. The standard InChI is InChI=1S/C18H26Br2N2S2/c1-3-5-7-9-11-13-15(19)23-17(21-13)18-22-14(16(20)24-18)12-10-8-6-4-2/h3-12H2,1-2H3. The predicted molar refractivity (Wildman–Crippen MR) is 114 cm³/mol. The fourth-order valence-corrected chi connectivity index (χ4v) is 5.79. The largest absolute Gasteiger partial charge is 0.237 e. The molecule has 6 heteroatoms. The third-order valence-corrected chi connectivity index (χ3v) is 7.82. The van der Waals surface area contributed by atoms with E-state index in [1.54, 1.807) is 22.7 Å². The second-order valence-corrected chi connectivity index (χ2v) is 10.7. The Morgan fingerprint density at radius 1 is 0.667 bits per heavy atom. The van der Waals surface area contributed by atoms with Crippen molar-refractivity contribution in [3.63, 3.8) is 0 Å². The first kappa shape index (κ1) is 20.5. The summed E-state index contributed by atoms with van der Waals surface area (Å²) in [6.45, 7) is 4.49. The number of thiazole rings is 2. The molecule has 2 aromatic rings. The molecule has 2 rings (SSSR count). The number of hydrogen-bond donors (Lipinski definition) is 0. The van der Waals surface area contributed by atoms with Gasteiger partial charge in [0.15, 0.2) is 10.0 Å². The normalized spacial score (nSPS) is 11.3. The fourth-order valence-electron chi connectivity index (χ4n) is 2.60. The average Bonchev–Trinajstić information content (AvgIpc) is 3.12. The van der Waals surface area contributed by atoms with Crippen LogP contribution in [0.25, 0.3) is 10.0 Å². The second-order valence-electron chi connectivity index (χ2n) is 6.10. The Bertz CT molecular complexity index is 568. The van der Waals surface area contributed by atoms with Crippen molar-refractivity contribution in [3.05, 3.63) is 19.0 Å². The molecule has 24 heavy (non-hydrogen) atoms. The molecular formula is C18H26Br2N2S2. The fraction of sp³-hybridized carbons (Fsp3) is 0.667. The van der Waals surface area contributed by atoms with Gasteiger partial charge in [-0.15, -0.1) is 22.7 Å². The molecule has 0 fully saturated rings. The molecule has 0 saturated heterocycles. The summed E-state index contributed by atoms with van der Waals surface area (Å²) in [7, 11) is 0. The highest BCUT2D eigenvalue weighted by Gasteiger charge is 2.16. The quantitative estimate of drug-likeness (QED) is 0.296. The summed E-state index contributed by atoms with van der Waals surface area (Å²) in [5.74, 6) is 0. The topological polar surface area (TPSA) is 25.8 Å². The number of aryl methyl sites for hydroxylation is 2. The minimum Gasteiger partial charge on any atom is -0.237 e. The molecule has 2 heterocycles. The average molecular weight is 494 g/mol. The summed E-state index contributed by atoms with van der Waals surface area (Å²) < 4.78 is 2.34. The molecule has 134 valence electrons. The molecule has 0 radical (unpaired) electrons. The van der Waals surface area contributed by atoms with Crippen molar-refractivity contribution in [2.24, 2.45) is 0 Å². The van der Waals surface area contributed by atoms with Crippen LogP contribution in [-0.4, -0.2) is 9.97 Å². The molecule has 0 atom stereocenters. The molecule has 0 unspecified atom stereocenters. The first-order valence-corrected chi connectivity index (χ1v) is 12.2. The van der Waals surface area contributed by atoms with Gasteiger partial charge in [-0.1, -0.05) is 52.4 Å². The highest BCUT2D eigenvalue weighted by molar-refractivity contribution is 9.11. The monoisotopic (exact) mass is 492 g/mol. The van der Waals surface area contributed by atoms with E-state index < -0.39 is 0 Å². The van der Waals surface area contributed by atoms with Crippen LogP contribution in [0.3, 0.4) is 0 Å². The van der Waals surface area contributed by atoms with Crippen LogP contribution in [-0.2, 0) is 12.8 Å². The number of nitrogens with zero attached hydrogens (tertiary/aromatic N) is 2. The summed E-state index contributed by atoms with van der Waals surface area (Å²) in [5, 5.41) is 2.11. The number of halogens is 2. The summed E-state index contributed by atoms with van der Waals surface area (Å²) in [4.78, 5) is 9.68. The molecule has 0 aliphatic rings. The lowest BCUT2D eigenvalue weighted by atomic mass is 10.1. The first-order chi connectivity index (χ1) is 11.7. The first-order valence-electron chi connectivity index (χ1n) is 8.96. The number of unbranched alkanes of at least 4 members (excludes halogenated alkanes) is 6. The van der Waals surface area contributed by atoms with E-state index in [1.807, 2.05) is 0 Å². The minimum absolute atomic E-state index is 1.05. The molecule has 0 amide bonds. The zero-order chi connectivity index (χ0) is 17.4. The third kappa shape index (κ3) is 6.19.